The van der Waals surface area contributed by atoms with E-state index in [9.17, 15) is 4.79 Å². The summed E-state index contributed by atoms with van der Waals surface area (Å²) in [6.45, 7) is 9.15. The lowest BCUT2D eigenvalue weighted by molar-refractivity contribution is -0.168. The Hall–Kier alpha value is -1.46. The molecule has 0 radical (unpaired) electrons. The first-order valence-corrected chi connectivity index (χ1v) is 7.51. The SMILES string of the molecule is CCOC1CC(N)(C(=O)N(CC)c2ccncc2)C1(C)C. The van der Waals surface area contributed by atoms with Gasteiger partial charge in [0.2, 0.25) is 5.91 Å². The minimum atomic E-state index is -0.883. The number of hydrogen-bond acceptors (Lipinski definition) is 4. The van der Waals surface area contributed by atoms with Crippen LogP contribution in [0.4, 0.5) is 5.69 Å². The highest BCUT2D eigenvalue weighted by atomic mass is 16.5. The summed E-state index contributed by atoms with van der Waals surface area (Å²) in [5, 5.41) is 0. The zero-order valence-electron chi connectivity index (χ0n) is 13.3. The van der Waals surface area contributed by atoms with Gasteiger partial charge in [-0.3, -0.25) is 9.78 Å². The van der Waals surface area contributed by atoms with Gasteiger partial charge < -0.3 is 15.4 Å². The number of nitrogens with two attached hydrogens (primary N) is 1. The van der Waals surface area contributed by atoms with E-state index in [2.05, 4.69) is 4.98 Å². The van der Waals surface area contributed by atoms with E-state index >= 15 is 0 Å². The molecular formula is C16H25N3O2. The zero-order chi connectivity index (χ0) is 15.7. The molecule has 1 amide bonds. The molecule has 1 aromatic rings. The molecule has 116 valence electrons. The van der Waals surface area contributed by atoms with Crippen LogP contribution in [0.2, 0.25) is 0 Å². The second kappa shape index (κ2) is 5.73. The summed E-state index contributed by atoms with van der Waals surface area (Å²) in [7, 11) is 0. The van der Waals surface area contributed by atoms with Crippen molar-refractivity contribution in [1.29, 1.82) is 0 Å². The molecule has 21 heavy (non-hydrogen) atoms. The second-order valence-electron chi connectivity index (χ2n) is 6.10. The van der Waals surface area contributed by atoms with E-state index in [0.717, 1.165) is 5.69 Å². The van der Waals surface area contributed by atoms with Crippen LogP contribution in [-0.2, 0) is 9.53 Å². The van der Waals surface area contributed by atoms with Gasteiger partial charge in [-0.15, -0.1) is 0 Å². The summed E-state index contributed by atoms with van der Waals surface area (Å²) in [4.78, 5) is 18.7. The average molecular weight is 291 g/mol. The minimum absolute atomic E-state index is 0.0348. The van der Waals surface area contributed by atoms with Crippen LogP contribution in [0.15, 0.2) is 24.5 Å². The zero-order valence-corrected chi connectivity index (χ0v) is 13.3. The van der Waals surface area contributed by atoms with Gasteiger partial charge in [-0.05, 0) is 26.0 Å². The predicted molar refractivity (Wildman–Crippen MR) is 83.0 cm³/mol. The van der Waals surface area contributed by atoms with E-state index < -0.39 is 5.54 Å². The highest BCUT2D eigenvalue weighted by molar-refractivity contribution is 6.01. The van der Waals surface area contributed by atoms with Crippen molar-refractivity contribution in [1.82, 2.24) is 4.98 Å². The van der Waals surface area contributed by atoms with Crippen LogP contribution >= 0.6 is 0 Å². The van der Waals surface area contributed by atoms with Crippen molar-refractivity contribution in [3.05, 3.63) is 24.5 Å². The molecule has 2 N–H and O–H groups in total. The first-order valence-electron chi connectivity index (χ1n) is 7.51. The molecule has 1 fully saturated rings. The molecule has 0 saturated heterocycles. The third-order valence-electron chi connectivity index (χ3n) is 4.75. The monoisotopic (exact) mass is 291 g/mol. The number of nitrogens with zero attached hydrogens (tertiary/aromatic N) is 2. The molecule has 0 aromatic carbocycles. The Kier molecular flexibility index (Phi) is 4.35. The highest BCUT2D eigenvalue weighted by Crippen LogP contribution is 2.50. The van der Waals surface area contributed by atoms with Gasteiger partial charge in [-0.1, -0.05) is 13.8 Å². The van der Waals surface area contributed by atoms with Crippen molar-refractivity contribution in [2.75, 3.05) is 18.1 Å². The number of rotatable bonds is 5. The number of amides is 1. The summed E-state index contributed by atoms with van der Waals surface area (Å²) < 4.78 is 5.70. The molecule has 1 aliphatic rings. The molecule has 0 bridgehead atoms. The van der Waals surface area contributed by atoms with Gasteiger partial charge >= 0.3 is 0 Å². The molecule has 2 atom stereocenters. The van der Waals surface area contributed by atoms with Crippen LogP contribution in [0.1, 0.15) is 34.1 Å². The van der Waals surface area contributed by atoms with E-state index in [1.54, 1.807) is 17.3 Å². The quantitative estimate of drug-likeness (QED) is 0.900. The minimum Gasteiger partial charge on any atom is -0.378 e. The Labute approximate surface area is 126 Å². The van der Waals surface area contributed by atoms with E-state index in [-0.39, 0.29) is 17.4 Å². The van der Waals surface area contributed by atoms with Gasteiger partial charge in [-0.2, -0.15) is 0 Å². The number of ether oxygens (including phenoxy) is 1. The number of carbonyl (C=O) groups excluding carboxylic acids is 1. The molecular weight excluding hydrogens is 266 g/mol. The Morgan fingerprint density at radius 3 is 2.52 bits per heavy atom. The van der Waals surface area contributed by atoms with Crippen molar-refractivity contribution in [3.8, 4) is 0 Å². The molecule has 1 aliphatic carbocycles. The van der Waals surface area contributed by atoms with Gasteiger partial charge in [0.1, 0.15) is 5.54 Å². The largest absolute Gasteiger partial charge is 0.378 e. The number of pyridine rings is 1. The summed E-state index contributed by atoms with van der Waals surface area (Å²) in [5.41, 5.74) is 6.05. The molecule has 1 saturated carbocycles. The van der Waals surface area contributed by atoms with Gasteiger partial charge in [0.15, 0.2) is 0 Å². The highest BCUT2D eigenvalue weighted by Gasteiger charge is 2.63. The maximum absolute atomic E-state index is 13.0. The molecule has 0 aliphatic heterocycles. The summed E-state index contributed by atoms with van der Waals surface area (Å²) >= 11 is 0. The van der Waals surface area contributed by atoms with Crippen molar-refractivity contribution in [2.45, 2.75) is 45.8 Å². The third kappa shape index (κ3) is 2.45. The van der Waals surface area contributed by atoms with Crippen LogP contribution in [0.25, 0.3) is 0 Å². The first-order chi connectivity index (χ1) is 9.88. The molecule has 1 aromatic heterocycles. The second-order valence-corrected chi connectivity index (χ2v) is 6.10. The fraction of sp³-hybridized carbons (Fsp3) is 0.625. The van der Waals surface area contributed by atoms with Crippen LogP contribution < -0.4 is 10.6 Å². The van der Waals surface area contributed by atoms with E-state index in [1.807, 2.05) is 39.8 Å². The number of hydrogen-bond donors (Lipinski definition) is 1. The Morgan fingerprint density at radius 1 is 1.43 bits per heavy atom. The van der Waals surface area contributed by atoms with Gasteiger partial charge in [0, 0.05) is 43.1 Å². The smallest absolute Gasteiger partial charge is 0.247 e. The van der Waals surface area contributed by atoms with Crippen molar-refractivity contribution in [3.63, 3.8) is 0 Å². The average Bonchev–Trinajstić information content (AvgIpc) is 2.48. The topological polar surface area (TPSA) is 68.5 Å². The maximum Gasteiger partial charge on any atom is 0.247 e. The van der Waals surface area contributed by atoms with Crippen LogP contribution in [0, 0.1) is 5.41 Å². The van der Waals surface area contributed by atoms with Crippen molar-refractivity contribution in [2.24, 2.45) is 11.1 Å². The summed E-state index contributed by atoms with van der Waals surface area (Å²) in [6.07, 6.45) is 3.97. The summed E-state index contributed by atoms with van der Waals surface area (Å²) in [5.74, 6) is -0.0443. The van der Waals surface area contributed by atoms with E-state index in [0.29, 0.717) is 19.6 Å². The van der Waals surface area contributed by atoms with Crippen molar-refractivity contribution >= 4 is 11.6 Å². The van der Waals surface area contributed by atoms with Gasteiger partial charge in [0.05, 0.1) is 6.10 Å². The normalized spacial score (nSPS) is 27.0. The standard InChI is InChI=1S/C16H25N3O2/c1-5-19(12-7-9-18-10-8-12)14(20)16(17)11-13(21-6-2)15(16,3)4/h7-10,13H,5-6,11,17H2,1-4H3. The Bertz CT molecular complexity index is 504. The predicted octanol–water partition coefficient (Wildman–Crippen LogP) is 1.97. The molecule has 5 heteroatoms. The fourth-order valence-corrected chi connectivity index (χ4v) is 3.01. The molecule has 2 unspecified atom stereocenters. The van der Waals surface area contributed by atoms with Crippen molar-refractivity contribution < 1.29 is 9.53 Å². The first kappa shape index (κ1) is 15.9. The van der Waals surface area contributed by atoms with E-state index in [1.165, 1.54) is 0 Å². The number of anilines is 1. The molecule has 2 rings (SSSR count). The molecule has 0 spiro atoms. The van der Waals surface area contributed by atoms with Crippen LogP contribution in [-0.4, -0.2) is 35.7 Å². The Balaban J connectivity index is 2.23. The number of likely N-dealkylation sites (N-methyl/N-ethyl adjacent to an activating group) is 1. The lowest BCUT2D eigenvalue weighted by atomic mass is 9.54. The molecule has 1 heterocycles. The fourth-order valence-electron chi connectivity index (χ4n) is 3.01. The number of carbonyl (C=O) groups is 1. The summed E-state index contributed by atoms with van der Waals surface area (Å²) in [6, 6.07) is 3.66. The van der Waals surface area contributed by atoms with E-state index in [4.69, 9.17) is 10.5 Å². The van der Waals surface area contributed by atoms with Gasteiger partial charge in [-0.25, -0.2) is 0 Å². The van der Waals surface area contributed by atoms with Gasteiger partial charge in [0.25, 0.3) is 0 Å². The molecule has 5 nitrogen and oxygen atoms in total. The lowest BCUT2D eigenvalue weighted by Gasteiger charge is -2.58. The number of aromatic nitrogens is 1. The van der Waals surface area contributed by atoms with Crippen LogP contribution in [0.5, 0.6) is 0 Å². The third-order valence-corrected chi connectivity index (χ3v) is 4.75. The van der Waals surface area contributed by atoms with Crippen LogP contribution in [0.3, 0.4) is 0 Å². The lowest BCUT2D eigenvalue weighted by Crippen LogP contribution is -2.76. The Morgan fingerprint density at radius 2 is 2.05 bits per heavy atom. The maximum atomic E-state index is 13.0.